The zero-order valence-corrected chi connectivity index (χ0v) is 10.3. The van der Waals surface area contributed by atoms with Crippen molar-refractivity contribution >= 4 is 11.6 Å². The van der Waals surface area contributed by atoms with Gasteiger partial charge in [0.15, 0.2) is 5.82 Å². The van der Waals surface area contributed by atoms with Crippen LogP contribution in [0.3, 0.4) is 0 Å². The molecule has 5 heteroatoms. The smallest absolute Gasteiger partial charge is 0.163 e. The number of benzene rings is 1. The van der Waals surface area contributed by atoms with Gasteiger partial charge in [-0.2, -0.15) is 0 Å². The van der Waals surface area contributed by atoms with E-state index in [2.05, 4.69) is 15.0 Å². The Morgan fingerprint density at radius 3 is 2.47 bits per heavy atom. The van der Waals surface area contributed by atoms with Gasteiger partial charge in [-0.25, -0.2) is 15.0 Å². The van der Waals surface area contributed by atoms with Gasteiger partial charge in [-0.05, 0) is 37.7 Å². The van der Waals surface area contributed by atoms with Crippen LogP contribution in [0.2, 0.25) is 5.02 Å². The average Bonchev–Trinajstić information content (AvgIpc) is 2.29. The third-order valence-electron chi connectivity index (χ3n) is 2.26. The SMILES string of the molecule is Cc1nc(CCN)nc(-c2ccc(Cl)cc2)n1. The Hall–Kier alpha value is -1.52. The molecule has 2 rings (SSSR count). The van der Waals surface area contributed by atoms with Gasteiger partial charge in [0.1, 0.15) is 11.6 Å². The van der Waals surface area contributed by atoms with Crippen molar-refractivity contribution in [3.63, 3.8) is 0 Å². The van der Waals surface area contributed by atoms with Crippen molar-refractivity contribution in [1.82, 2.24) is 15.0 Å². The summed E-state index contributed by atoms with van der Waals surface area (Å²) in [5.74, 6) is 2.09. The predicted octanol–water partition coefficient (Wildman–Crippen LogP) is 2.00. The van der Waals surface area contributed by atoms with Crippen LogP contribution in [0, 0.1) is 6.92 Å². The molecule has 0 fully saturated rings. The summed E-state index contributed by atoms with van der Waals surface area (Å²) in [6.07, 6.45) is 0.657. The second-order valence-electron chi connectivity index (χ2n) is 3.67. The highest BCUT2D eigenvalue weighted by molar-refractivity contribution is 6.30. The normalized spacial score (nSPS) is 10.5. The Balaban J connectivity index is 2.40. The largest absolute Gasteiger partial charge is 0.330 e. The molecule has 1 aromatic heterocycles. The Kier molecular flexibility index (Phi) is 3.66. The first-order valence-electron chi connectivity index (χ1n) is 5.36. The van der Waals surface area contributed by atoms with Crippen molar-refractivity contribution in [3.05, 3.63) is 40.9 Å². The minimum Gasteiger partial charge on any atom is -0.330 e. The lowest BCUT2D eigenvalue weighted by Crippen LogP contribution is -2.09. The van der Waals surface area contributed by atoms with Crippen molar-refractivity contribution in [2.75, 3.05) is 6.54 Å². The molecule has 0 aliphatic rings. The van der Waals surface area contributed by atoms with E-state index in [9.17, 15) is 0 Å². The first-order valence-corrected chi connectivity index (χ1v) is 5.74. The first kappa shape index (κ1) is 12.0. The van der Waals surface area contributed by atoms with E-state index in [1.54, 1.807) is 0 Å². The number of aryl methyl sites for hydroxylation is 1. The highest BCUT2D eigenvalue weighted by Crippen LogP contribution is 2.18. The maximum absolute atomic E-state index is 5.84. The van der Waals surface area contributed by atoms with E-state index in [1.165, 1.54) is 0 Å². The van der Waals surface area contributed by atoms with Gasteiger partial charge in [0.2, 0.25) is 0 Å². The summed E-state index contributed by atoms with van der Waals surface area (Å²) < 4.78 is 0. The van der Waals surface area contributed by atoms with Gasteiger partial charge in [0.25, 0.3) is 0 Å². The van der Waals surface area contributed by atoms with Crippen molar-refractivity contribution in [3.8, 4) is 11.4 Å². The standard InChI is InChI=1S/C12H13ClN4/c1-8-15-11(6-7-14)17-12(16-8)9-2-4-10(13)5-3-9/h2-5H,6-7,14H2,1H3. The van der Waals surface area contributed by atoms with Gasteiger partial charge in [0, 0.05) is 17.0 Å². The fourth-order valence-corrected chi connectivity index (χ4v) is 1.63. The van der Waals surface area contributed by atoms with Crippen LogP contribution in [-0.2, 0) is 6.42 Å². The molecule has 0 radical (unpaired) electrons. The summed E-state index contributed by atoms with van der Waals surface area (Å²) in [6.45, 7) is 2.38. The van der Waals surface area contributed by atoms with Crippen LogP contribution < -0.4 is 5.73 Å². The number of nitrogens with zero attached hydrogens (tertiary/aromatic N) is 3. The van der Waals surface area contributed by atoms with Gasteiger partial charge >= 0.3 is 0 Å². The molecule has 0 bridgehead atoms. The van der Waals surface area contributed by atoms with Crippen molar-refractivity contribution in [1.29, 1.82) is 0 Å². The lowest BCUT2D eigenvalue weighted by atomic mass is 10.2. The molecule has 17 heavy (non-hydrogen) atoms. The van der Waals surface area contributed by atoms with Crippen LogP contribution in [0.25, 0.3) is 11.4 Å². The number of hydrogen-bond acceptors (Lipinski definition) is 4. The molecule has 0 saturated heterocycles. The molecule has 0 unspecified atom stereocenters. The zero-order valence-electron chi connectivity index (χ0n) is 9.52. The van der Waals surface area contributed by atoms with Gasteiger partial charge in [-0.1, -0.05) is 11.6 Å². The fourth-order valence-electron chi connectivity index (χ4n) is 1.51. The molecule has 0 amide bonds. The third kappa shape index (κ3) is 2.99. The van der Waals surface area contributed by atoms with Crippen LogP contribution in [-0.4, -0.2) is 21.5 Å². The van der Waals surface area contributed by atoms with E-state index in [0.717, 1.165) is 11.4 Å². The van der Waals surface area contributed by atoms with E-state index in [4.69, 9.17) is 17.3 Å². The lowest BCUT2D eigenvalue weighted by molar-refractivity contribution is 0.827. The first-order chi connectivity index (χ1) is 8.19. The molecule has 88 valence electrons. The molecule has 1 heterocycles. The molecule has 4 nitrogen and oxygen atoms in total. The molecule has 1 aromatic carbocycles. The molecule has 0 atom stereocenters. The second kappa shape index (κ2) is 5.21. The number of rotatable bonds is 3. The van der Waals surface area contributed by atoms with E-state index < -0.39 is 0 Å². The van der Waals surface area contributed by atoms with Gasteiger partial charge in [-0.3, -0.25) is 0 Å². The van der Waals surface area contributed by atoms with Crippen LogP contribution in [0.1, 0.15) is 11.6 Å². The second-order valence-corrected chi connectivity index (χ2v) is 4.10. The maximum atomic E-state index is 5.84. The number of halogens is 1. The van der Waals surface area contributed by atoms with E-state index in [1.807, 2.05) is 31.2 Å². The molecule has 2 aromatic rings. The minimum atomic E-state index is 0.531. The Labute approximate surface area is 105 Å². The van der Waals surface area contributed by atoms with Crippen LogP contribution >= 0.6 is 11.6 Å². The average molecular weight is 249 g/mol. The molecular weight excluding hydrogens is 236 g/mol. The van der Waals surface area contributed by atoms with E-state index in [-0.39, 0.29) is 0 Å². The molecule has 0 aliphatic heterocycles. The molecule has 2 N–H and O–H groups in total. The topological polar surface area (TPSA) is 64.7 Å². The van der Waals surface area contributed by atoms with E-state index in [0.29, 0.717) is 29.6 Å². The van der Waals surface area contributed by atoms with Gasteiger partial charge in [-0.15, -0.1) is 0 Å². The Morgan fingerprint density at radius 2 is 1.82 bits per heavy atom. The highest BCUT2D eigenvalue weighted by Gasteiger charge is 2.05. The Morgan fingerprint density at radius 1 is 1.12 bits per heavy atom. The van der Waals surface area contributed by atoms with Crippen LogP contribution in [0.5, 0.6) is 0 Å². The van der Waals surface area contributed by atoms with Gasteiger partial charge in [0.05, 0.1) is 0 Å². The van der Waals surface area contributed by atoms with Gasteiger partial charge < -0.3 is 5.73 Å². The number of aromatic nitrogens is 3. The van der Waals surface area contributed by atoms with Crippen molar-refractivity contribution in [2.45, 2.75) is 13.3 Å². The molecular formula is C12H13ClN4. The zero-order chi connectivity index (χ0) is 12.3. The summed E-state index contributed by atoms with van der Waals surface area (Å²) in [4.78, 5) is 12.9. The predicted molar refractivity (Wildman–Crippen MR) is 67.8 cm³/mol. The number of nitrogens with two attached hydrogens (primary N) is 1. The minimum absolute atomic E-state index is 0.531. The third-order valence-corrected chi connectivity index (χ3v) is 2.52. The highest BCUT2D eigenvalue weighted by atomic mass is 35.5. The fraction of sp³-hybridized carbons (Fsp3) is 0.250. The maximum Gasteiger partial charge on any atom is 0.163 e. The van der Waals surface area contributed by atoms with Crippen molar-refractivity contribution in [2.24, 2.45) is 5.73 Å². The molecule has 0 spiro atoms. The lowest BCUT2D eigenvalue weighted by Gasteiger charge is -2.04. The molecule has 0 aliphatic carbocycles. The molecule has 0 saturated carbocycles. The summed E-state index contributed by atoms with van der Waals surface area (Å²) >= 11 is 5.84. The summed E-state index contributed by atoms with van der Waals surface area (Å²) in [6, 6.07) is 7.42. The summed E-state index contributed by atoms with van der Waals surface area (Å²) in [7, 11) is 0. The van der Waals surface area contributed by atoms with Crippen LogP contribution in [0.15, 0.2) is 24.3 Å². The summed E-state index contributed by atoms with van der Waals surface area (Å²) in [5.41, 5.74) is 6.43. The van der Waals surface area contributed by atoms with Crippen molar-refractivity contribution < 1.29 is 0 Å². The monoisotopic (exact) mass is 248 g/mol. The number of hydrogen-bond donors (Lipinski definition) is 1. The van der Waals surface area contributed by atoms with Crippen LogP contribution in [0.4, 0.5) is 0 Å². The Bertz CT molecular complexity index is 510. The summed E-state index contributed by atoms with van der Waals surface area (Å²) in [5, 5.41) is 0.696. The quantitative estimate of drug-likeness (QED) is 0.902. The van der Waals surface area contributed by atoms with E-state index >= 15 is 0 Å².